The van der Waals surface area contributed by atoms with Gasteiger partial charge < -0.3 is 14.0 Å². The van der Waals surface area contributed by atoms with E-state index < -0.39 is 5.41 Å². The predicted molar refractivity (Wildman–Crippen MR) is 117 cm³/mol. The van der Waals surface area contributed by atoms with Crippen LogP contribution in [0.4, 0.5) is 0 Å². The van der Waals surface area contributed by atoms with Gasteiger partial charge in [-0.2, -0.15) is 0 Å². The molecule has 0 atom stereocenters. The molecule has 3 aromatic rings. The topological polar surface area (TPSA) is 53.4 Å². The highest BCUT2D eigenvalue weighted by atomic mass is 32.2. The van der Waals surface area contributed by atoms with E-state index in [2.05, 4.69) is 45.9 Å². The van der Waals surface area contributed by atoms with Crippen LogP contribution in [0.5, 0.6) is 0 Å². The molecule has 1 saturated heterocycles. The van der Waals surface area contributed by atoms with Gasteiger partial charge in [-0.25, -0.2) is 4.98 Å². The first kappa shape index (κ1) is 20.7. The van der Waals surface area contributed by atoms with Crippen LogP contribution < -0.4 is 0 Å². The molecule has 2 heterocycles. The molecule has 6 heteroatoms. The van der Waals surface area contributed by atoms with Gasteiger partial charge in [-0.3, -0.25) is 4.79 Å². The second kappa shape index (κ2) is 9.06. The molecular formula is C24H26N2O3S. The zero-order chi connectivity index (χ0) is 21.0. The lowest BCUT2D eigenvalue weighted by Crippen LogP contribution is -2.42. The molecule has 1 aliphatic rings. The summed E-state index contributed by atoms with van der Waals surface area (Å²) in [7, 11) is 0. The number of carbonyl (C=O) groups is 1. The molecule has 4 rings (SSSR count). The molecule has 0 unspecified atom stereocenters. The number of aromatic nitrogens is 2. The van der Waals surface area contributed by atoms with Crippen molar-refractivity contribution in [1.29, 1.82) is 0 Å². The number of aryl methyl sites for hydroxylation is 1. The Morgan fingerprint density at radius 3 is 2.60 bits per heavy atom. The summed E-state index contributed by atoms with van der Waals surface area (Å²) >= 11 is 1.69. The molecule has 0 aliphatic carbocycles. The lowest BCUT2D eigenvalue weighted by atomic mass is 9.74. The third kappa shape index (κ3) is 4.16. The number of ether oxygens (including phenoxy) is 2. The van der Waals surface area contributed by atoms with Crippen LogP contribution in [0.3, 0.4) is 0 Å². The van der Waals surface area contributed by atoms with Crippen LogP contribution in [0.2, 0.25) is 0 Å². The number of esters is 1. The third-order valence-electron chi connectivity index (χ3n) is 5.58. The van der Waals surface area contributed by atoms with E-state index in [1.807, 2.05) is 32.2 Å². The van der Waals surface area contributed by atoms with Crippen molar-refractivity contribution in [3.63, 3.8) is 0 Å². The van der Waals surface area contributed by atoms with Gasteiger partial charge in [-0.1, -0.05) is 23.9 Å². The lowest BCUT2D eigenvalue weighted by Gasteiger charge is -2.35. The normalized spacial score (nSPS) is 15.7. The van der Waals surface area contributed by atoms with Crippen LogP contribution in [-0.4, -0.2) is 35.3 Å². The van der Waals surface area contributed by atoms with Gasteiger partial charge >= 0.3 is 5.97 Å². The summed E-state index contributed by atoms with van der Waals surface area (Å²) in [6, 6.07) is 16.7. The Bertz CT molecular complexity index is 1010. The molecule has 0 radical (unpaired) electrons. The molecule has 5 nitrogen and oxygen atoms in total. The number of imidazole rings is 1. The van der Waals surface area contributed by atoms with Crippen LogP contribution >= 0.6 is 11.8 Å². The number of hydrogen-bond acceptors (Lipinski definition) is 5. The van der Waals surface area contributed by atoms with Gasteiger partial charge in [0, 0.05) is 41.1 Å². The maximum Gasteiger partial charge on any atom is 0.316 e. The summed E-state index contributed by atoms with van der Waals surface area (Å²) in [5.41, 5.74) is 1.49. The fourth-order valence-corrected chi connectivity index (χ4v) is 4.80. The van der Waals surface area contributed by atoms with Crippen LogP contribution in [0.1, 0.15) is 31.2 Å². The van der Waals surface area contributed by atoms with Crippen LogP contribution in [-0.2, 0) is 19.7 Å². The van der Waals surface area contributed by atoms with E-state index in [1.165, 1.54) is 0 Å². The van der Waals surface area contributed by atoms with E-state index in [-0.39, 0.29) is 5.97 Å². The molecule has 156 valence electrons. The molecule has 0 saturated carbocycles. The van der Waals surface area contributed by atoms with E-state index in [0.29, 0.717) is 32.7 Å². The minimum Gasteiger partial charge on any atom is -0.465 e. The van der Waals surface area contributed by atoms with Crippen molar-refractivity contribution in [2.75, 3.05) is 19.8 Å². The number of rotatable bonds is 6. The van der Waals surface area contributed by atoms with E-state index in [4.69, 9.17) is 9.47 Å². The molecule has 0 amide bonds. The molecule has 0 spiro atoms. The van der Waals surface area contributed by atoms with Gasteiger partial charge in [0.25, 0.3) is 0 Å². The highest BCUT2D eigenvalue weighted by Crippen LogP contribution is 2.39. The first-order valence-electron chi connectivity index (χ1n) is 10.3. The van der Waals surface area contributed by atoms with Gasteiger partial charge in [0.05, 0.1) is 12.0 Å². The fourth-order valence-electron chi connectivity index (χ4n) is 3.92. The van der Waals surface area contributed by atoms with E-state index >= 15 is 0 Å². The molecule has 1 fully saturated rings. The number of hydrogen-bond donors (Lipinski definition) is 0. The van der Waals surface area contributed by atoms with Gasteiger partial charge in [0.1, 0.15) is 5.82 Å². The minimum atomic E-state index is -0.617. The van der Waals surface area contributed by atoms with E-state index in [0.717, 1.165) is 26.9 Å². The first-order chi connectivity index (χ1) is 14.6. The monoisotopic (exact) mass is 422 g/mol. The summed E-state index contributed by atoms with van der Waals surface area (Å²) in [4.78, 5) is 19.4. The summed E-state index contributed by atoms with van der Waals surface area (Å²) in [6.45, 7) is 5.38. The highest BCUT2D eigenvalue weighted by Gasteiger charge is 2.43. The fraction of sp³-hybridized carbons (Fsp3) is 0.333. The standard InChI is InChI=1S/C24H26N2O3S/c1-3-29-23(27)24(11-15-28-16-12-24)19-5-4-6-22(17-19)30-21-9-7-20(8-10-21)26-14-13-25-18(26)2/h4-10,13-14,17H,3,11-12,15-16H2,1-2H3. The molecule has 1 aromatic heterocycles. The smallest absolute Gasteiger partial charge is 0.316 e. The number of carbonyl (C=O) groups excluding carboxylic acids is 1. The van der Waals surface area contributed by atoms with Gasteiger partial charge in [-0.05, 0) is 68.7 Å². The first-order valence-corrected chi connectivity index (χ1v) is 11.1. The van der Waals surface area contributed by atoms with E-state index in [1.54, 1.807) is 18.0 Å². The average molecular weight is 423 g/mol. The largest absolute Gasteiger partial charge is 0.465 e. The molecule has 30 heavy (non-hydrogen) atoms. The minimum absolute atomic E-state index is 0.143. The molecule has 0 bridgehead atoms. The van der Waals surface area contributed by atoms with Crippen molar-refractivity contribution in [1.82, 2.24) is 9.55 Å². The van der Waals surface area contributed by atoms with Crippen molar-refractivity contribution < 1.29 is 14.3 Å². The van der Waals surface area contributed by atoms with Crippen LogP contribution in [0.15, 0.2) is 70.7 Å². The third-order valence-corrected chi connectivity index (χ3v) is 6.57. The predicted octanol–water partition coefficient (Wildman–Crippen LogP) is 4.94. The van der Waals surface area contributed by atoms with E-state index in [9.17, 15) is 4.79 Å². The van der Waals surface area contributed by atoms with Crippen molar-refractivity contribution in [3.05, 3.63) is 72.3 Å². The Balaban J connectivity index is 1.57. The summed E-state index contributed by atoms with van der Waals surface area (Å²) in [5, 5.41) is 0. The maximum atomic E-state index is 12.9. The molecular weight excluding hydrogens is 396 g/mol. The zero-order valence-electron chi connectivity index (χ0n) is 17.3. The Morgan fingerprint density at radius 1 is 1.17 bits per heavy atom. The Hall–Kier alpha value is -2.57. The quantitative estimate of drug-likeness (QED) is 0.527. The highest BCUT2D eigenvalue weighted by molar-refractivity contribution is 7.99. The molecule has 1 aliphatic heterocycles. The summed E-state index contributed by atoms with van der Waals surface area (Å²) in [6.07, 6.45) is 5.07. The van der Waals surface area contributed by atoms with Gasteiger partial charge in [0.15, 0.2) is 0 Å². The number of benzene rings is 2. The summed E-state index contributed by atoms with van der Waals surface area (Å²) < 4.78 is 13.0. The second-order valence-electron chi connectivity index (χ2n) is 7.38. The Morgan fingerprint density at radius 2 is 1.93 bits per heavy atom. The molecule has 2 aromatic carbocycles. The van der Waals surface area contributed by atoms with Crippen molar-refractivity contribution in [3.8, 4) is 5.69 Å². The maximum absolute atomic E-state index is 12.9. The Kier molecular flexibility index (Phi) is 6.25. The average Bonchev–Trinajstić information content (AvgIpc) is 3.21. The van der Waals surface area contributed by atoms with Gasteiger partial charge in [-0.15, -0.1) is 0 Å². The number of nitrogens with zero attached hydrogens (tertiary/aromatic N) is 2. The Labute approximate surface area is 181 Å². The van der Waals surface area contributed by atoms with Crippen molar-refractivity contribution >= 4 is 17.7 Å². The van der Waals surface area contributed by atoms with Crippen molar-refractivity contribution in [2.24, 2.45) is 0 Å². The van der Waals surface area contributed by atoms with Crippen LogP contribution in [0, 0.1) is 6.92 Å². The van der Waals surface area contributed by atoms with Crippen molar-refractivity contribution in [2.45, 2.75) is 41.9 Å². The molecule has 0 N–H and O–H groups in total. The lowest BCUT2D eigenvalue weighted by molar-refractivity contribution is -0.154. The van der Waals surface area contributed by atoms with Gasteiger partial charge in [0.2, 0.25) is 0 Å². The SMILES string of the molecule is CCOC(=O)C1(c2cccc(Sc3ccc(-n4ccnc4C)cc3)c2)CCOCC1. The zero-order valence-corrected chi connectivity index (χ0v) is 18.2. The van der Waals surface area contributed by atoms with Crippen LogP contribution in [0.25, 0.3) is 5.69 Å². The summed E-state index contributed by atoms with van der Waals surface area (Å²) in [5.74, 6) is 0.819. The second-order valence-corrected chi connectivity index (χ2v) is 8.53.